The number of aromatic nitrogens is 2. The van der Waals surface area contributed by atoms with Gasteiger partial charge in [-0.3, -0.25) is 19.8 Å². The van der Waals surface area contributed by atoms with Crippen molar-refractivity contribution in [1.82, 2.24) is 19.4 Å². The minimum atomic E-state index is -0.357. The van der Waals surface area contributed by atoms with Crippen LogP contribution >= 0.6 is 0 Å². The van der Waals surface area contributed by atoms with Gasteiger partial charge in [0.1, 0.15) is 0 Å². The maximum atomic E-state index is 13.2. The molecule has 1 N–H and O–H groups in total. The zero-order chi connectivity index (χ0) is 24.5. The third-order valence-electron chi connectivity index (χ3n) is 6.34. The summed E-state index contributed by atoms with van der Waals surface area (Å²) in [6.45, 7) is 4.69. The number of para-hydroxylation sites is 2. The molecule has 1 aliphatic rings. The van der Waals surface area contributed by atoms with Gasteiger partial charge < -0.3 is 13.9 Å². The van der Waals surface area contributed by atoms with Gasteiger partial charge in [0.2, 0.25) is 0 Å². The second-order valence-corrected chi connectivity index (χ2v) is 9.16. The lowest BCUT2D eigenvalue weighted by molar-refractivity contribution is -0.122. The van der Waals surface area contributed by atoms with Crippen molar-refractivity contribution in [2.45, 2.75) is 26.4 Å². The third kappa shape index (κ3) is 4.17. The predicted octanol–water partition coefficient (Wildman–Crippen LogP) is 4.11. The molecular weight excluding hydrogens is 440 g/mol. The fourth-order valence-electron chi connectivity index (χ4n) is 4.88. The molecule has 0 spiro atoms. The molecule has 2 aromatic heterocycles. The van der Waals surface area contributed by atoms with Crippen molar-refractivity contribution in [2.24, 2.45) is 0 Å². The molecule has 7 nitrogen and oxygen atoms in total. The summed E-state index contributed by atoms with van der Waals surface area (Å²) < 4.78 is 10.0. The Morgan fingerprint density at radius 3 is 1.83 bits per heavy atom. The van der Waals surface area contributed by atoms with Crippen LogP contribution in [0.25, 0.3) is 33.0 Å². The number of amides is 2. The van der Waals surface area contributed by atoms with Crippen molar-refractivity contribution in [3.63, 3.8) is 0 Å². The molecule has 0 fully saturated rings. The van der Waals surface area contributed by atoms with E-state index < -0.39 is 0 Å². The number of hydrogen-bond acceptors (Lipinski definition) is 4. The summed E-state index contributed by atoms with van der Waals surface area (Å²) in [6.07, 6.45) is 4.96. The van der Waals surface area contributed by atoms with Gasteiger partial charge in [0.25, 0.3) is 11.8 Å². The molecule has 4 aromatic rings. The minimum Gasteiger partial charge on any atom is -0.364 e. The van der Waals surface area contributed by atoms with Crippen molar-refractivity contribution < 1.29 is 14.3 Å². The number of nitrogens with zero attached hydrogens (tertiary/aromatic N) is 3. The molecule has 35 heavy (non-hydrogen) atoms. The van der Waals surface area contributed by atoms with E-state index >= 15 is 0 Å². The van der Waals surface area contributed by atoms with Crippen molar-refractivity contribution in [1.29, 1.82) is 0 Å². The fraction of sp³-hybridized carbons (Fsp3) is 0.286. The van der Waals surface area contributed by atoms with Gasteiger partial charge in [-0.15, -0.1) is 0 Å². The molecule has 0 aliphatic carbocycles. The molecule has 7 heteroatoms. The van der Waals surface area contributed by atoms with Crippen LogP contribution in [0.5, 0.6) is 0 Å². The SMILES string of the molecule is CCCn1cc(C2=C(c3cn(CCOCN(C)C)c4ccccc34)C(=O)NC2=O)c2ccccc21. The van der Waals surface area contributed by atoms with Gasteiger partial charge >= 0.3 is 0 Å². The van der Waals surface area contributed by atoms with Gasteiger partial charge in [0.15, 0.2) is 0 Å². The summed E-state index contributed by atoms with van der Waals surface area (Å²) in [5.41, 5.74) is 4.48. The Balaban J connectivity index is 1.66. The molecular formula is C28H30N4O3. The molecule has 2 amide bonds. The Labute approximate surface area is 204 Å². The molecule has 0 saturated heterocycles. The Kier molecular flexibility index (Phi) is 6.28. The fourth-order valence-corrected chi connectivity index (χ4v) is 4.88. The second kappa shape index (κ2) is 9.52. The van der Waals surface area contributed by atoms with E-state index in [-0.39, 0.29) is 11.8 Å². The average molecular weight is 471 g/mol. The maximum absolute atomic E-state index is 13.2. The monoisotopic (exact) mass is 470 g/mol. The highest BCUT2D eigenvalue weighted by molar-refractivity contribution is 6.50. The number of hydrogen-bond donors (Lipinski definition) is 1. The molecule has 1 aliphatic heterocycles. The summed E-state index contributed by atoms with van der Waals surface area (Å²) in [5.74, 6) is -0.709. The Bertz CT molecular complexity index is 1460. The molecule has 0 saturated carbocycles. The second-order valence-electron chi connectivity index (χ2n) is 9.16. The Morgan fingerprint density at radius 2 is 1.31 bits per heavy atom. The van der Waals surface area contributed by atoms with Crippen LogP contribution in [-0.2, 0) is 27.4 Å². The van der Waals surface area contributed by atoms with Crippen LogP contribution in [0.4, 0.5) is 0 Å². The normalized spacial score (nSPS) is 14.2. The van der Waals surface area contributed by atoms with Crippen LogP contribution in [0.3, 0.4) is 0 Å². The van der Waals surface area contributed by atoms with Gasteiger partial charge in [-0.2, -0.15) is 0 Å². The quantitative estimate of drug-likeness (QED) is 0.227. The van der Waals surface area contributed by atoms with E-state index in [4.69, 9.17) is 4.74 Å². The molecule has 3 heterocycles. The van der Waals surface area contributed by atoms with E-state index in [0.29, 0.717) is 31.0 Å². The van der Waals surface area contributed by atoms with Gasteiger partial charge in [0, 0.05) is 58.4 Å². The van der Waals surface area contributed by atoms with Crippen molar-refractivity contribution in [2.75, 3.05) is 27.4 Å². The van der Waals surface area contributed by atoms with E-state index in [1.54, 1.807) is 0 Å². The average Bonchev–Trinajstić information content (AvgIpc) is 3.48. The van der Waals surface area contributed by atoms with E-state index in [0.717, 1.165) is 45.9 Å². The lowest BCUT2D eigenvalue weighted by atomic mass is 9.95. The summed E-state index contributed by atoms with van der Waals surface area (Å²) in [7, 11) is 3.93. The smallest absolute Gasteiger partial charge is 0.259 e. The summed E-state index contributed by atoms with van der Waals surface area (Å²) in [5, 5.41) is 4.47. The largest absolute Gasteiger partial charge is 0.364 e. The first kappa shape index (κ1) is 23.1. The number of ether oxygens (including phenoxy) is 1. The van der Waals surface area contributed by atoms with Crippen LogP contribution in [0, 0.1) is 0 Å². The number of carbonyl (C=O) groups is 2. The standard InChI is InChI=1S/C28H30N4O3/c1-4-13-31-16-21(19-9-5-7-11-23(19)31)25-26(28(34)29-27(25)33)22-17-32(14-15-35-18-30(2)3)24-12-8-6-10-20(22)24/h5-12,16-17H,4,13-15,18H2,1-3H3,(H,29,33,34). The van der Waals surface area contributed by atoms with Crippen molar-refractivity contribution in [3.05, 3.63) is 72.1 Å². The number of rotatable bonds is 9. The van der Waals surface area contributed by atoms with E-state index in [9.17, 15) is 9.59 Å². The third-order valence-corrected chi connectivity index (χ3v) is 6.34. The van der Waals surface area contributed by atoms with Gasteiger partial charge in [-0.1, -0.05) is 43.3 Å². The molecule has 2 aromatic carbocycles. The van der Waals surface area contributed by atoms with Crippen LogP contribution in [0.1, 0.15) is 24.5 Å². The first-order chi connectivity index (χ1) is 17.0. The van der Waals surface area contributed by atoms with Gasteiger partial charge in [-0.25, -0.2) is 0 Å². The van der Waals surface area contributed by atoms with Crippen molar-refractivity contribution in [3.8, 4) is 0 Å². The first-order valence-corrected chi connectivity index (χ1v) is 12.0. The number of imide groups is 1. The molecule has 180 valence electrons. The zero-order valence-electron chi connectivity index (χ0n) is 20.4. The molecule has 0 atom stereocenters. The lowest BCUT2D eigenvalue weighted by Gasteiger charge is -2.11. The minimum absolute atomic E-state index is 0.351. The van der Waals surface area contributed by atoms with Crippen LogP contribution in [0.2, 0.25) is 0 Å². The highest BCUT2D eigenvalue weighted by Gasteiger charge is 2.35. The van der Waals surface area contributed by atoms with E-state index in [1.165, 1.54) is 0 Å². The number of nitrogens with one attached hydrogen (secondary N) is 1. The number of aryl methyl sites for hydroxylation is 1. The molecule has 5 rings (SSSR count). The Morgan fingerprint density at radius 1 is 0.800 bits per heavy atom. The van der Waals surface area contributed by atoms with Crippen LogP contribution < -0.4 is 5.32 Å². The van der Waals surface area contributed by atoms with Gasteiger partial charge in [0.05, 0.1) is 24.5 Å². The highest BCUT2D eigenvalue weighted by atomic mass is 16.5. The number of benzene rings is 2. The highest BCUT2D eigenvalue weighted by Crippen LogP contribution is 2.39. The van der Waals surface area contributed by atoms with Gasteiger partial charge in [-0.05, 0) is 32.6 Å². The number of carbonyl (C=O) groups excluding carboxylic acids is 2. The number of fused-ring (bicyclic) bond motifs is 2. The molecule has 0 unspecified atom stereocenters. The van der Waals surface area contributed by atoms with Crippen LogP contribution in [0.15, 0.2) is 60.9 Å². The van der Waals surface area contributed by atoms with Crippen molar-refractivity contribution >= 4 is 44.8 Å². The molecule has 0 bridgehead atoms. The Hall–Kier alpha value is -3.68. The van der Waals surface area contributed by atoms with E-state index in [2.05, 4.69) is 27.4 Å². The zero-order valence-corrected chi connectivity index (χ0v) is 20.4. The lowest BCUT2D eigenvalue weighted by Crippen LogP contribution is -2.22. The topological polar surface area (TPSA) is 68.5 Å². The summed E-state index contributed by atoms with van der Waals surface area (Å²) in [4.78, 5) is 28.3. The van der Waals surface area contributed by atoms with Crippen LogP contribution in [-0.4, -0.2) is 53.3 Å². The van der Waals surface area contributed by atoms with E-state index in [1.807, 2.05) is 73.9 Å². The first-order valence-electron chi connectivity index (χ1n) is 12.0. The molecule has 0 radical (unpaired) electrons. The summed E-state index contributed by atoms with van der Waals surface area (Å²) in [6, 6.07) is 16.0. The maximum Gasteiger partial charge on any atom is 0.259 e. The summed E-state index contributed by atoms with van der Waals surface area (Å²) >= 11 is 0. The predicted molar refractivity (Wildman–Crippen MR) is 139 cm³/mol.